The van der Waals surface area contributed by atoms with Crippen molar-refractivity contribution in [2.45, 2.75) is 18.9 Å². The second kappa shape index (κ2) is 10.5. The number of nitrogens with zero attached hydrogens (tertiary/aromatic N) is 2. The van der Waals surface area contributed by atoms with Crippen molar-refractivity contribution >= 4 is 11.6 Å². The zero-order valence-electron chi connectivity index (χ0n) is 17.4. The summed E-state index contributed by atoms with van der Waals surface area (Å²) in [6.45, 7) is 3.65. The van der Waals surface area contributed by atoms with Gasteiger partial charge in [-0.05, 0) is 73.3 Å². The fourth-order valence-electron chi connectivity index (χ4n) is 3.64. The Labute approximate surface area is 189 Å². The smallest absolute Gasteiger partial charge is 0.119 e. The number of benzene rings is 2. The lowest BCUT2D eigenvalue weighted by atomic mass is 10.1. The predicted octanol–water partition coefficient (Wildman–Crippen LogP) is 4.60. The third-order valence-electron chi connectivity index (χ3n) is 5.35. The van der Waals surface area contributed by atoms with Gasteiger partial charge in [-0.1, -0.05) is 35.7 Å². The molecule has 4 nitrogen and oxygen atoms in total. The number of hydrogen-bond acceptors (Lipinski definition) is 4. The first-order valence-electron chi connectivity index (χ1n) is 10.6. The van der Waals surface area contributed by atoms with Gasteiger partial charge in [0.2, 0.25) is 0 Å². The van der Waals surface area contributed by atoms with E-state index in [-0.39, 0.29) is 0 Å². The third-order valence-corrected chi connectivity index (χ3v) is 5.60. The largest absolute Gasteiger partial charge is 0.492 e. The van der Waals surface area contributed by atoms with Gasteiger partial charge in [-0.25, -0.2) is 4.98 Å². The molecular weight excluding hydrogens is 406 g/mol. The maximum Gasteiger partial charge on any atom is 0.119 e. The molecule has 158 valence electrons. The highest BCUT2D eigenvalue weighted by molar-refractivity contribution is 6.30. The minimum atomic E-state index is 0.301. The van der Waals surface area contributed by atoms with E-state index in [1.165, 1.54) is 6.42 Å². The summed E-state index contributed by atoms with van der Waals surface area (Å²) in [5.74, 6) is 7.14. The maximum absolute atomic E-state index is 6.03. The fourth-order valence-corrected chi connectivity index (χ4v) is 3.76. The Kier molecular flexibility index (Phi) is 7.22. The molecule has 1 aromatic heterocycles. The van der Waals surface area contributed by atoms with Crippen LogP contribution in [0.1, 0.15) is 24.1 Å². The van der Waals surface area contributed by atoms with Gasteiger partial charge >= 0.3 is 0 Å². The van der Waals surface area contributed by atoms with Crippen molar-refractivity contribution in [3.05, 3.63) is 83.1 Å². The van der Waals surface area contributed by atoms with Crippen LogP contribution in [0.5, 0.6) is 5.75 Å². The third kappa shape index (κ3) is 6.32. The molecule has 4 rings (SSSR count). The predicted molar refractivity (Wildman–Crippen MR) is 126 cm³/mol. The van der Waals surface area contributed by atoms with Crippen LogP contribution in [0.4, 0.5) is 0 Å². The molecule has 31 heavy (non-hydrogen) atoms. The van der Waals surface area contributed by atoms with Crippen molar-refractivity contribution in [1.82, 2.24) is 9.88 Å². The number of aromatic nitrogens is 1. The van der Waals surface area contributed by atoms with Crippen LogP contribution in [-0.4, -0.2) is 42.2 Å². The van der Waals surface area contributed by atoms with Crippen LogP contribution in [0.25, 0.3) is 11.1 Å². The monoisotopic (exact) mass is 431 g/mol. The summed E-state index contributed by atoms with van der Waals surface area (Å²) in [5.41, 5.74) is 9.81. The van der Waals surface area contributed by atoms with Crippen molar-refractivity contribution in [3.63, 3.8) is 0 Å². The van der Waals surface area contributed by atoms with Crippen molar-refractivity contribution in [3.8, 4) is 28.7 Å². The average Bonchev–Trinajstić information content (AvgIpc) is 2.80. The van der Waals surface area contributed by atoms with E-state index in [1.54, 1.807) is 0 Å². The fraction of sp³-hybridized carbons (Fsp3) is 0.269. The molecule has 0 amide bonds. The van der Waals surface area contributed by atoms with Crippen LogP contribution in [-0.2, 0) is 0 Å². The van der Waals surface area contributed by atoms with Gasteiger partial charge in [0.1, 0.15) is 18.1 Å². The highest BCUT2D eigenvalue weighted by atomic mass is 35.5. The van der Waals surface area contributed by atoms with Crippen molar-refractivity contribution < 1.29 is 4.74 Å². The molecule has 1 unspecified atom stereocenters. The van der Waals surface area contributed by atoms with Crippen LogP contribution in [0.15, 0.2) is 66.9 Å². The quantitative estimate of drug-likeness (QED) is 0.599. The summed E-state index contributed by atoms with van der Waals surface area (Å²) < 4.78 is 5.87. The summed E-state index contributed by atoms with van der Waals surface area (Å²) in [5, 5.41) is 0.724. The van der Waals surface area contributed by atoms with E-state index in [1.807, 2.05) is 66.9 Å². The van der Waals surface area contributed by atoms with Gasteiger partial charge in [-0.2, -0.15) is 0 Å². The number of hydrogen-bond donors (Lipinski definition) is 1. The molecule has 2 aromatic carbocycles. The first-order chi connectivity index (χ1) is 15.2. The second-order valence-electron chi connectivity index (χ2n) is 7.76. The maximum atomic E-state index is 6.03. The minimum absolute atomic E-state index is 0.301. The summed E-state index contributed by atoms with van der Waals surface area (Å²) in [7, 11) is 0. The molecule has 1 fully saturated rings. The summed E-state index contributed by atoms with van der Waals surface area (Å²) in [6.07, 6.45) is 4.13. The lowest BCUT2D eigenvalue weighted by molar-refractivity contribution is 0.171. The number of ether oxygens (including phenoxy) is 1. The molecule has 1 aliphatic heterocycles. The first-order valence-corrected chi connectivity index (χ1v) is 11.0. The van der Waals surface area contributed by atoms with E-state index in [2.05, 4.69) is 21.7 Å². The number of rotatable bonds is 5. The van der Waals surface area contributed by atoms with Crippen molar-refractivity contribution in [2.75, 3.05) is 26.2 Å². The Morgan fingerprint density at radius 2 is 1.77 bits per heavy atom. The highest BCUT2D eigenvalue weighted by Gasteiger charge is 2.15. The van der Waals surface area contributed by atoms with Gasteiger partial charge in [0.25, 0.3) is 0 Å². The van der Waals surface area contributed by atoms with Crippen LogP contribution >= 0.6 is 11.6 Å². The Balaban J connectivity index is 1.29. The van der Waals surface area contributed by atoms with Crippen molar-refractivity contribution in [1.29, 1.82) is 0 Å². The molecule has 0 radical (unpaired) electrons. The number of halogens is 1. The molecule has 0 aliphatic carbocycles. The zero-order chi connectivity index (χ0) is 21.5. The molecule has 0 saturated carbocycles. The summed E-state index contributed by atoms with van der Waals surface area (Å²) in [4.78, 5) is 6.83. The Hall–Kier alpha value is -2.84. The van der Waals surface area contributed by atoms with Gasteiger partial charge in [0, 0.05) is 41.5 Å². The van der Waals surface area contributed by atoms with Gasteiger partial charge in [0.05, 0.1) is 0 Å². The Morgan fingerprint density at radius 1 is 1.00 bits per heavy atom. The van der Waals surface area contributed by atoms with Gasteiger partial charge in [-0.15, -0.1) is 0 Å². The molecule has 2 heterocycles. The Morgan fingerprint density at radius 3 is 2.48 bits per heavy atom. The normalized spacial score (nSPS) is 16.4. The first kappa shape index (κ1) is 21.4. The van der Waals surface area contributed by atoms with Crippen LogP contribution in [0.2, 0.25) is 5.02 Å². The van der Waals surface area contributed by atoms with E-state index in [9.17, 15) is 0 Å². The van der Waals surface area contributed by atoms with Crippen LogP contribution in [0.3, 0.4) is 0 Å². The lowest BCUT2D eigenvalue weighted by Gasteiger charge is -2.30. The molecular formula is C26H26ClN3O. The molecule has 0 bridgehead atoms. The molecule has 5 heteroatoms. The van der Waals surface area contributed by atoms with E-state index in [4.69, 9.17) is 22.1 Å². The van der Waals surface area contributed by atoms with Gasteiger partial charge < -0.3 is 10.5 Å². The highest BCUT2D eigenvalue weighted by Crippen LogP contribution is 2.20. The van der Waals surface area contributed by atoms with E-state index in [0.717, 1.165) is 59.2 Å². The van der Waals surface area contributed by atoms with E-state index >= 15 is 0 Å². The number of nitrogens with two attached hydrogens (primary N) is 1. The molecule has 1 atom stereocenters. The second-order valence-corrected chi connectivity index (χ2v) is 8.20. The molecule has 3 aromatic rings. The van der Waals surface area contributed by atoms with E-state index < -0.39 is 0 Å². The number of likely N-dealkylation sites (tertiary alicyclic amines) is 1. The zero-order valence-corrected chi connectivity index (χ0v) is 18.2. The molecule has 2 N–H and O–H groups in total. The standard InChI is InChI=1S/C26H26ClN3O/c27-23-9-6-21(7-10-23)22-8-12-25(29-18-22)11-3-20-4-13-26(14-5-20)31-17-16-30-15-1-2-24(28)19-30/h4-10,12-14,18,24H,1-2,15-17,19,28H2. The Bertz CT molecular complexity index is 1040. The topological polar surface area (TPSA) is 51.4 Å². The summed E-state index contributed by atoms with van der Waals surface area (Å²) >= 11 is 5.95. The number of piperidine rings is 1. The molecule has 1 saturated heterocycles. The van der Waals surface area contributed by atoms with Crippen LogP contribution in [0, 0.1) is 11.8 Å². The van der Waals surface area contributed by atoms with Crippen molar-refractivity contribution in [2.24, 2.45) is 5.73 Å². The average molecular weight is 432 g/mol. The summed E-state index contributed by atoms with van der Waals surface area (Å²) in [6, 6.07) is 19.8. The van der Waals surface area contributed by atoms with Crippen LogP contribution < -0.4 is 10.5 Å². The van der Waals surface area contributed by atoms with E-state index in [0.29, 0.717) is 12.6 Å². The lowest BCUT2D eigenvalue weighted by Crippen LogP contribution is -2.44. The molecule has 0 spiro atoms. The van der Waals surface area contributed by atoms with Gasteiger partial charge in [-0.3, -0.25) is 4.90 Å². The minimum Gasteiger partial charge on any atom is -0.492 e. The SMILES string of the molecule is NC1CCCN(CCOc2ccc(C#Cc3ccc(-c4ccc(Cl)cc4)cn3)cc2)C1. The number of pyridine rings is 1. The van der Waals surface area contributed by atoms with Gasteiger partial charge in [0.15, 0.2) is 0 Å². The molecule has 1 aliphatic rings.